The molecule has 0 spiro atoms. The summed E-state index contributed by atoms with van der Waals surface area (Å²) >= 11 is 0. The summed E-state index contributed by atoms with van der Waals surface area (Å²) in [6, 6.07) is 17.3. The van der Waals surface area contributed by atoms with Gasteiger partial charge in [-0.25, -0.2) is 0 Å². The highest BCUT2D eigenvalue weighted by Gasteiger charge is 2.43. The number of likely N-dealkylation sites (tertiary alicyclic amines) is 1. The summed E-state index contributed by atoms with van der Waals surface area (Å²) in [7, 11) is 1.60. The molecule has 0 saturated carbocycles. The fraction of sp³-hybridized carbons (Fsp3) is 0.500. The van der Waals surface area contributed by atoms with Gasteiger partial charge in [-0.15, -0.1) is 0 Å². The maximum Gasteiger partial charge on any atom is 0.254 e. The zero-order valence-corrected chi connectivity index (χ0v) is 21.2. The molecular formula is C28H38N4O3. The normalized spacial score (nSPS) is 20.5. The van der Waals surface area contributed by atoms with E-state index in [-0.39, 0.29) is 17.9 Å². The van der Waals surface area contributed by atoms with Crippen LogP contribution in [0.2, 0.25) is 0 Å². The SMILES string of the molecule is COc1cccc(C(=O)N2CC(N(Cc3ccccc3)CC(C)C)CC2C(=O)N2CCNCC2)c1. The third-order valence-corrected chi connectivity index (χ3v) is 6.91. The number of hydrogen-bond acceptors (Lipinski definition) is 5. The number of ether oxygens (including phenoxy) is 1. The fourth-order valence-corrected chi connectivity index (χ4v) is 5.18. The van der Waals surface area contributed by atoms with Crippen molar-refractivity contribution in [3.05, 3.63) is 65.7 Å². The topological polar surface area (TPSA) is 65.1 Å². The van der Waals surface area contributed by atoms with Gasteiger partial charge in [0.1, 0.15) is 11.8 Å². The number of hydrogen-bond donors (Lipinski definition) is 1. The zero-order valence-electron chi connectivity index (χ0n) is 21.2. The number of rotatable bonds is 8. The van der Waals surface area contributed by atoms with Gasteiger partial charge in [0.25, 0.3) is 5.91 Å². The summed E-state index contributed by atoms with van der Waals surface area (Å²) in [5.74, 6) is 1.07. The van der Waals surface area contributed by atoms with Gasteiger partial charge >= 0.3 is 0 Å². The van der Waals surface area contributed by atoms with Crippen LogP contribution in [0.25, 0.3) is 0 Å². The highest BCUT2D eigenvalue weighted by molar-refractivity contribution is 5.98. The smallest absolute Gasteiger partial charge is 0.254 e. The summed E-state index contributed by atoms with van der Waals surface area (Å²) in [5, 5.41) is 3.31. The number of amides is 2. The highest BCUT2D eigenvalue weighted by atomic mass is 16.5. The quantitative estimate of drug-likeness (QED) is 0.632. The molecule has 2 aromatic carbocycles. The Labute approximate surface area is 209 Å². The summed E-state index contributed by atoms with van der Waals surface area (Å²) in [4.78, 5) is 33.6. The first kappa shape index (κ1) is 25.2. The van der Waals surface area contributed by atoms with Crippen LogP contribution in [-0.2, 0) is 11.3 Å². The summed E-state index contributed by atoms with van der Waals surface area (Å²) < 4.78 is 5.35. The second kappa shape index (κ2) is 11.7. The Morgan fingerprint density at radius 1 is 1.09 bits per heavy atom. The van der Waals surface area contributed by atoms with E-state index in [2.05, 4.69) is 48.3 Å². The lowest BCUT2D eigenvalue weighted by Crippen LogP contribution is -2.53. The number of nitrogens with one attached hydrogen (secondary N) is 1. The average molecular weight is 479 g/mol. The Balaban J connectivity index is 1.61. The van der Waals surface area contributed by atoms with Crippen molar-refractivity contribution in [2.75, 3.05) is 46.4 Å². The maximum atomic E-state index is 13.7. The Bertz CT molecular complexity index is 991. The lowest BCUT2D eigenvalue weighted by atomic mass is 10.1. The summed E-state index contributed by atoms with van der Waals surface area (Å²) in [6.45, 7) is 9.64. The minimum atomic E-state index is -0.456. The van der Waals surface area contributed by atoms with Crippen LogP contribution in [0.4, 0.5) is 0 Å². The van der Waals surface area contributed by atoms with E-state index in [1.54, 1.807) is 19.2 Å². The van der Waals surface area contributed by atoms with Gasteiger partial charge in [0, 0.05) is 57.4 Å². The zero-order chi connectivity index (χ0) is 24.8. The molecule has 7 heteroatoms. The van der Waals surface area contributed by atoms with Gasteiger partial charge in [-0.2, -0.15) is 0 Å². The molecule has 2 unspecified atom stereocenters. The van der Waals surface area contributed by atoms with Gasteiger partial charge in [0.15, 0.2) is 0 Å². The molecule has 2 aromatic rings. The van der Waals surface area contributed by atoms with E-state index in [0.29, 0.717) is 43.3 Å². The fourth-order valence-electron chi connectivity index (χ4n) is 5.18. The maximum absolute atomic E-state index is 13.7. The molecule has 2 aliphatic rings. The van der Waals surface area contributed by atoms with Crippen LogP contribution in [0, 0.1) is 5.92 Å². The molecule has 2 amide bonds. The van der Waals surface area contributed by atoms with Crippen molar-refractivity contribution >= 4 is 11.8 Å². The number of nitrogens with zero attached hydrogens (tertiary/aromatic N) is 3. The van der Waals surface area contributed by atoms with Crippen LogP contribution >= 0.6 is 0 Å². The average Bonchev–Trinajstić information content (AvgIpc) is 3.34. The molecular weight excluding hydrogens is 440 g/mol. The lowest BCUT2D eigenvalue weighted by molar-refractivity contribution is -0.135. The molecule has 1 N–H and O–H groups in total. The Hall–Kier alpha value is -2.90. The van der Waals surface area contributed by atoms with Crippen LogP contribution in [-0.4, -0.2) is 85.0 Å². The molecule has 0 aromatic heterocycles. The van der Waals surface area contributed by atoms with Gasteiger partial charge < -0.3 is 19.9 Å². The van der Waals surface area contributed by atoms with Gasteiger partial charge in [-0.3, -0.25) is 14.5 Å². The highest BCUT2D eigenvalue weighted by Crippen LogP contribution is 2.28. The second-order valence-corrected chi connectivity index (χ2v) is 9.98. The van der Waals surface area contributed by atoms with Crippen molar-refractivity contribution in [2.24, 2.45) is 5.92 Å². The van der Waals surface area contributed by atoms with Crippen molar-refractivity contribution in [3.63, 3.8) is 0 Å². The summed E-state index contributed by atoms with van der Waals surface area (Å²) in [5.41, 5.74) is 1.80. The van der Waals surface area contributed by atoms with Crippen molar-refractivity contribution in [1.29, 1.82) is 0 Å². The molecule has 2 heterocycles. The van der Waals surface area contributed by atoms with E-state index in [0.717, 1.165) is 26.2 Å². The first-order valence-electron chi connectivity index (χ1n) is 12.7. The molecule has 7 nitrogen and oxygen atoms in total. The van der Waals surface area contributed by atoms with Crippen LogP contribution in [0.15, 0.2) is 54.6 Å². The van der Waals surface area contributed by atoms with Crippen LogP contribution in [0.1, 0.15) is 36.2 Å². The van der Waals surface area contributed by atoms with Crippen LogP contribution in [0.3, 0.4) is 0 Å². The van der Waals surface area contributed by atoms with Crippen molar-refractivity contribution in [3.8, 4) is 5.75 Å². The van der Waals surface area contributed by atoms with Crippen LogP contribution in [0.5, 0.6) is 5.75 Å². The van der Waals surface area contributed by atoms with Gasteiger partial charge in [0.2, 0.25) is 5.91 Å². The third-order valence-electron chi connectivity index (χ3n) is 6.91. The molecule has 35 heavy (non-hydrogen) atoms. The van der Waals surface area contributed by atoms with Crippen LogP contribution < -0.4 is 10.1 Å². The largest absolute Gasteiger partial charge is 0.497 e. The molecule has 0 bridgehead atoms. The van der Waals surface area contributed by atoms with E-state index >= 15 is 0 Å². The number of benzene rings is 2. The predicted octanol–water partition coefficient (Wildman–Crippen LogP) is 2.87. The molecule has 0 radical (unpaired) electrons. The number of carbonyl (C=O) groups is 2. The third kappa shape index (κ3) is 6.21. The minimum absolute atomic E-state index is 0.0643. The van der Waals surface area contributed by atoms with Gasteiger partial charge in [-0.05, 0) is 36.1 Å². The van der Waals surface area contributed by atoms with E-state index in [9.17, 15) is 9.59 Å². The second-order valence-electron chi connectivity index (χ2n) is 9.98. The Kier molecular flexibility index (Phi) is 8.42. The molecule has 2 aliphatic heterocycles. The minimum Gasteiger partial charge on any atom is -0.497 e. The monoisotopic (exact) mass is 478 g/mol. The molecule has 4 rings (SSSR count). The van der Waals surface area contributed by atoms with Crippen molar-refractivity contribution in [1.82, 2.24) is 20.0 Å². The van der Waals surface area contributed by atoms with E-state index in [1.807, 2.05) is 28.0 Å². The Morgan fingerprint density at radius 3 is 2.51 bits per heavy atom. The van der Waals surface area contributed by atoms with E-state index < -0.39 is 6.04 Å². The van der Waals surface area contributed by atoms with Crippen molar-refractivity contribution in [2.45, 2.75) is 38.9 Å². The molecule has 0 aliphatic carbocycles. The number of piperazine rings is 1. The number of carbonyl (C=O) groups excluding carboxylic acids is 2. The molecule has 188 valence electrons. The van der Waals surface area contributed by atoms with Crippen molar-refractivity contribution < 1.29 is 14.3 Å². The first-order chi connectivity index (χ1) is 17.0. The van der Waals surface area contributed by atoms with E-state index in [1.165, 1.54) is 5.56 Å². The molecule has 2 atom stereocenters. The van der Waals surface area contributed by atoms with Gasteiger partial charge in [-0.1, -0.05) is 50.2 Å². The first-order valence-corrected chi connectivity index (χ1v) is 12.7. The van der Waals surface area contributed by atoms with E-state index in [4.69, 9.17) is 4.74 Å². The summed E-state index contributed by atoms with van der Waals surface area (Å²) in [6.07, 6.45) is 0.651. The number of methoxy groups -OCH3 is 1. The molecule has 2 fully saturated rings. The standard InChI is InChI=1S/C28H38N4O3/c1-21(2)18-31(19-22-8-5-4-6-9-22)24-17-26(28(34)30-14-12-29-13-15-30)32(20-24)27(33)23-10-7-11-25(16-23)35-3/h4-11,16,21,24,26,29H,12-15,17-20H2,1-3H3. The Morgan fingerprint density at radius 2 is 1.83 bits per heavy atom. The lowest BCUT2D eigenvalue weighted by Gasteiger charge is -2.32. The van der Waals surface area contributed by atoms with Gasteiger partial charge in [0.05, 0.1) is 7.11 Å². The predicted molar refractivity (Wildman–Crippen MR) is 137 cm³/mol. The molecule has 2 saturated heterocycles.